The molecule has 0 radical (unpaired) electrons. The fourth-order valence-electron chi connectivity index (χ4n) is 1.39. The molecule has 0 spiro atoms. The summed E-state index contributed by atoms with van der Waals surface area (Å²) in [6.07, 6.45) is -0.663. The first-order valence-corrected chi connectivity index (χ1v) is 4.75. The van der Waals surface area contributed by atoms with E-state index in [0.717, 1.165) is 12.1 Å². The molecule has 0 aliphatic rings. The summed E-state index contributed by atoms with van der Waals surface area (Å²) in [5, 5.41) is 17.8. The Hall–Kier alpha value is -1.56. The van der Waals surface area contributed by atoms with E-state index < -0.39 is 29.7 Å². The van der Waals surface area contributed by atoms with Crippen molar-refractivity contribution < 1.29 is 28.2 Å². The molecule has 0 aliphatic heterocycles. The predicted molar refractivity (Wildman–Crippen MR) is 53.3 cm³/mol. The second-order valence-corrected chi connectivity index (χ2v) is 3.96. The average molecular weight is 248 g/mol. The highest BCUT2D eigenvalue weighted by molar-refractivity contribution is 5.77. The molecule has 6 heteroatoms. The molecule has 0 aliphatic carbocycles. The topological polar surface area (TPSA) is 57.5 Å². The van der Waals surface area contributed by atoms with E-state index in [9.17, 15) is 23.1 Å². The Morgan fingerprint density at radius 2 is 2.00 bits per heavy atom. The van der Waals surface area contributed by atoms with Gasteiger partial charge >= 0.3 is 11.9 Å². The van der Waals surface area contributed by atoms with Gasteiger partial charge in [0.25, 0.3) is 0 Å². The largest absolute Gasteiger partial charge is 0.477 e. The van der Waals surface area contributed by atoms with Crippen LogP contribution in [0.5, 0.6) is 0 Å². The molecule has 1 rings (SSSR count). The number of hydrogen-bond acceptors (Lipinski definition) is 2. The van der Waals surface area contributed by atoms with Crippen LogP contribution in [-0.4, -0.2) is 27.7 Å². The number of carboxylic acid groups (broad SMARTS) is 1. The van der Waals surface area contributed by atoms with Gasteiger partial charge in [-0.3, -0.25) is 0 Å². The zero-order chi connectivity index (χ0) is 13.3. The quantitative estimate of drug-likeness (QED) is 0.854. The van der Waals surface area contributed by atoms with Crippen molar-refractivity contribution in [1.82, 2.24) is 0 Å². The zero-order valence-corrected chi connectivity index (χ0v) is 8.95. The van der Waals surface area contributed by atoms with E-state index in [0.29, 0.717) is 6.92 Å². The average Bonchev–Trinajstić information content (AvgIpc) is 2.16. The molecule has 0 fully saturated rings. The molecule has 0 aromatic heterocycles. The second kappa shape index (κ2) is 4.37. The smallest absolute Gasteiger partial charge is 0.377 e. The number of alkyl halides is 2. The Kier molecular flexibility index (Phi) is 3.47. The van der Waals surface area contributed by atoms with Crippen LogP contribution in [0.15, 0.2) is 24.3 Å². The van der Waals surface area contributed by atoms with Crippen molar-refractivity contribution in [2.45, 2.75) is 24.9 Å². The Morgan fingerprint density at radius 3 is 2.47 bits per heavy atom. The molecule has 0 saturated heterocycles. The van der Waals surface area contributed by atoms with E-state index in [1.807, 2.05) is 0 Å². The van der Waals surface area contributed by atoms with Crippen LogP contribution in [0.25, 0.3) is 0 Å². The van der Waals surface area contributed by atoms with Crippen LogP contribution in [0.1, 0.15) is 12.5 Å². The lowest BCUT2D eigenvalue weighted by Crippen LogP contribution is -2.52. The van der Waals surface area contributed by atoms with Gasteiger partial charge in [0.2, 0.25) is 0 Å². The number of carbonyl (C=O) groups is 1. The highest BCUT2D eigenvalue weighted by Crippen LogP contribution is 2.32. The van der Waals surface area contributed by atoms with E-state index >= 15 is 0 Å². The third-order valence-corrected chi connectivity index (χ3v) is 2.38. The van der Waals surface area contributed by atoms with Crippen molar-refractivity contribution in [3.8, 4) is 0 Å². The van der Waals surface area contributed by atoms with Gasteiger partial charge in [-0.2, -0.15) is 8.78 Å². The highest BCUT2D eigenvalue weighted by atomic mass is 19.3. The van der Waals surface area contributed by atoms with E-state index in [4.69, 9.17) is 5.11 Å². The summed E-state index contributed by atoms with van der Waals surface area (Å²) in [7, 11) is 0. The van der Waals surface area contributed by atoms with Crippen molar-refractivity contribution >= 4 is 5.97 Å². The van der Waals surface area contributed by atoms with E-state index in [-0.39, 0.29) is 5.56 Å². The molecule has 1 unspecified atom stereocenters. The number of benzene rings is 1. The van der Waals surface area contributed by atoms with Gasteiger partial charge in [0.1, 0.15) is 11.4 Å². The number of carboxylic acids is 1. The first-order chi connectivity index (χ1) is 7.67. The molecule has 1 aromatic rings. The lowest BCUT2D eigenvalue weighted by molar-refractivity contribution is -0.203. The van der Waals surface area contributed by atoms with E-state index in [2.05, 4.69) is 0 Å². The first kappa shape index (κ1) is 13.5. The molecule has 3 nitrogen and oxygen atoms in total. The van der Waals surface area contributed by atoms with Crippen molar-refractivity contribution in [3.63, 3.8) is 0 Å². The summed E-state index contributed by atoms with van der Waals surface area (Å²) in [5.74, 6) is -7.37. The molecule has 0 saturated carbocycles. The first-order valence-electron chi connectivity index (χ1n) is 4.75. The number of hydrogen-bond donors (Lipinski definition) is 2. The van der Waals surface area contributed by atoms with Crippen LogP contribution < -0.4 is 0 Å². The Bertz CT molecular complexity index is 430. The Balaban J connectivity index is 2.97. The maximum absolute atomic E-state index is 13.2. The molecular weight excluding hydrogens is 237 g/mol. The van der Waals surface area contributed by atoms with Gasteiger partial charge in [-0.05, 0) is 24.6 Å². The van der Waals surface area contributed by atoms with Gasteiger partial charge in [0, 0.05) is 6.42 Å². The van der Waals surface area contributed by atoms with Crippen LogP contribution in [0.2, 0.25) is 0 Å². The van der Waals surface area contributed by atoms with Crippen LogP contribution in [0, 0.1) is 5.82 Å². The van der Waals surface area contributed by atoms with Gasteiger partial charge in [0.05, 0.1) is 0 Å². The maximum atomic E-state index is 13.2. The van der Waals surface area contributed by atoms with Crippen LogP contribution in [0.3, 0.4) is 0 Å². The van der Waals surface area contributed by atoms with E-state index in [1.165, 1.54) is 12.1 Å². The van der Waals surface area contributed by atoms with Gasteiger partial charge in [-0.1, -0.05) is 12.1 Å². The minimum absolute atomic E-state index is 0.0934. The standard InChI is InChI=1S/C11H11F3O3/c1-10(17,11(13,14)9(15)16)6-7-3-2-4-8(12)5-7/h2-5,17H,6H2,1H3,(H,15,16). The minimum atomic E-state index is -4.31. The summed E-state index contributed by atoms with van der Waals surface area (Å²) in [5.41, 5.74) is -2.69. The molecule has 17 heavy (non-hydrogen) atoms. The van der Waals surface area contributed by atoms with Crippen molar-refractivity contribution in [3.05, 3.63) is 35.6 Å². The van der Waals surface area contributed by atoms with Crippen LogP contribution in [0.4, 0.5) is 13.2 Å². The van der Waals surface area contributed by atoms with E-state index in [1.54, 1.807) is 0 Å². The van der Waals surface area contributed by atoms with Gasteiger partial charge in [0.15, 0.2) is 0 Å². The van der Waals surface area contributed by atoms with Gasteiger partial charge in [-0.25, -0.2) is 9.18 Å². The Morgan fingerprint density at radius 1 is 1.41 bits per heavy atom. The molecule has 0 amide bonds. The summed E-state index contributed by atoms with van der Waals surface area (Å²) < 4.78 is 39.1. The Labute approximate surface area is 95.5 Å². The predicted octanol–water partition coefficient (Wildman–Crippen LogP) is 1.84. The fraction of sp³-hybridized carbons (Fsp3) is 0.364. The van der Waals surface area contributed by atoms with Crippen molar-refractivity contribution in [2.75, 3.05) is 0 Å². The molecular formula is C11H11F3O3. The second-order valence-electron chi connectivity index (χ2n) is 3.96. The molecule has 1 aromatic carbocycles. The minimum Gasteiger partial charge on any atom is -0.477 e. The van der Waals surface area contributed by atoms with Gasteiger partial charge in [-0.15, -0.1) is 0 Å². The maximum Gasteiger partial charge on any atom is 0.377 e. The van der Waals surface area contributed by atoms with Gasteiger partial charge < -0.3 is 10.2 Å². The zero-order valence-electron chi connectivity index (χ0n) is 8.95. The summed E-state index contributed by atoms with van der Waals surface area (Å²) in [4.78, 5) is 10.3. The molecule has 2 N–H and O–H groups in total. The SMILES string of the molecule is CC(O)(Cc1cccc(F)c1)C(F)(F)C(=O)O. The fourth-order valence-corrected chi connectivity index (χ4v) is 1.39. The molecule has 94 valence electrons. The third-order valence-electron chi connectivity index (χ3n) is 2.38. The monoisotopic (exact) mass is 248 g/mol. The third kappa shape index (κ3) is 2.76. The van der Waals surface area contributed by atoms with Crippen LogP contribution in [-0.2, 0) is 11.2 Å². The lowest BCUT2D eigenvalue weighted by Gasteiger charge is -2.29. The highest BCUT2D eigenvalue weighted by Gasteiger charge is 2.55. The van der Waals surface area contributed by atoms with Crippen molar-refractivity contribution in [1.29, 1.82) is 0 Å². The summed E-state index contributed by atoms with van der Waals surface area (Å²) in [6, 6.07) is 4.70. The van der Waals surface area contributed by atoms with Crippen LogP contribution >= 0.6 is 0 Å². The summed E-state index contributed by atoms with van der Waals surface area (Å²) in [6.45, 7) is 0.700. The lowest BCUT2D eigenvalue weighted by atomic mass is 9.90. The number of halogens is 3. The molecule has 1 atom stereocenters. The summed E-state index contributed by atoms with van der Waals surface area (Å²) >= 11 is 0. The number of rotatable bonds is 4. The number of aliphatic carboxylic acids is 1. The number of aliphatic hydroxyl groups is 1. The molecule has 0 heterocycles. The molecule has 0 bridgehead atoms. The van der Waals surface area contributed by atoms with Crippen molar-refractivity contribution in [2.24, 2.45) is 0 Å². The normalized spacial score (nSPS) is 15.4.